The maximum Gasteiger partial charge on any atom is 0.513 e. The van der Waals surface area contributed by atoms with Gasteiger partial charge in [0.05, 0.1) is 17.9 Å². The molecule has 2 aromatic rings. The smallest absolute Gasteiger partial charge is 0.506 e. The van der Waals surface area contributed by atoms with Crippen LogP contribution in [0.3, 0.4) is 0 Å². The van der Waals surface area contributed by atoms with Crippen molar-refractivity contribution < 1.29 is 28.6 Å². The van der Waals surface area contributed by atoms with Crippen LogP contribution in [-0.2, 0) is 4.74 Å². The largest absolute Gasteiger partial charge is 0.513 e. The molecule has 0 fully saturated rings. The van der Waals surface area contributed by atoms with Gasteiger partial charge in [-0.1, -0.05) is 32.9 Å². The highest BCUT2D eigenvalue weighted by molar-refractivity contribution is 6.07. The zero-order valence-electron chi connectivity index (χ0n) is 14.7. The normalized spacial score (nSPS) is 10.9. The minimum absolute atomic E-state index is 0.0141. The summed E-state index contributed by atoms with van der Waals surface area (Å²) >= 11 is 0. The number of hydrogen-bond acceptors (Lipinski definition) is 5. The van der Waals surface area contributed by atoms with Crippen LogP contribution < -0.4 is 10.1 Å². The second-order valence-corrected chi connectivity index (χ2v) is 6.81. The van der Waals surface area contributed by atoms with Crippen molar-refractivity contribution in [2.45, 2.75) is 20.8 Å². The Kier molecular flexibility index (Phi) is 5.82. The lowest BCUT2D eigenvalue weighted by molar-refractivity contribution is 0.0681. The molecule has 0 saturated heterocycles. The Morgan fingerprint density at radius 2 is 1.85 bits per heavy atom. The van der Waals surface area contributed by atoms with Crippen LogP contribution in [0, 0.1) is 11.2 Å². The molecule has 6 nitrogen and oxygen atoms in total. The van der Waals surface area contributed by atoms with Gasteiger partial charge in [-0.3, -0.25) is 4.79 Å². The summed E-state index contributed by atoms with van der Waals surface area (Å²) in [5, 5.41) is 12.1. The van der Waals surface area contributed by atoms with Gasteiger partial charge in [0.25, 0.3) is 5.91 Å². The van der Waals surface area contributed by atoms with Gasteiger partial charge in [0.15, 0.2) is 0 Å². The molecule has 0 radical (unpaired) electrons. The van der Waals surface area contributed by atoms with Crippen molar-refractivity contribution in [3.63, 3.8) is 0 Å². The van der Waals surface area contributed by atoms with E-state index < -0.39 is 17.9 Å². The second kappa shape index (κ2) is 7.86. The first-order chi connectivity index (χ1) is 12.2. The van der Waals surface area contributed by atoms with E-state index in [4.69, 9.17) is 9.47 Å². The summed E-state index contributed by atoms with van der Waals surface area (Å²) in [7, 11) is 0. The highest BCUT2D eigenvalue weighted by Gasteiger charge is 2.19. The highest BCUT2D eigenvalue weighted by atomic mass is 19.1. The van der Waals surface area contributed by atoms with Gasteiger partial charge in [0.2, 0.25) is 0 Å². The molecule has 26 heavy (non-hydrogen) atoms. The molecule has 0 spiro atoms. The van der Waals surface area contributed by atoms with Gasteiger partial charge in [-0.15, -0.1) is 0 Å². The zero-order valence-corrected chi connectivity index (χ0v) is 14.7. The molecule has 0 heterocycles. The molecule has 7 heteroatoms. The number of para-hydroxylation sites is 1. The number of carbonyl (C=O) groups excluding carboxylic acids is 2. The molecule has 0 unspecified atom stereocenters. The molecule has 2 N–H and O–H groups in total. The van der Waals surface area contributed by atoms with Crippen LogP contribution in [0.15, 0.2) is 42.5 Å². The zero-order chi connectivity index (χ0) is 19.3. The van der Waals surface area contributed by atoms with Crippen LogP contribution in [0.2, 0.25) is 0 Å². The van der Waals surface area contributed by atoms with E-state index in [1.165, 1.54) is 12.1 Å². The summed E-state index contributed by atoms with van der Waals surface area (Å²) in [6.45, 7) is 5.84. The lowest BCUT2D eigenvalue weighted by Gasteiger charge is -2.17. The maximum absolute atomic E-state index is 13.3. The third-order valence-electron chi connectivity index (χ3n) is 3.15. The summed E-state index contributed by atoms with van der Waals surface area (Å²) < 4.78 is 23.4. The van der Waals surface area contributed by atoms with Crippen molar-refractivity contribution in [3.8, 4) is 11.5 Å². The fraction of sp³-hybridized carbons (Fsp3) is 0.263. The van der Waals surface area contributed by atoms with Gasteiger partial charge in [-0.25, -0.2) is 9.18 Å². The van der Waals surface area contributed by atoms with Crippen LogP contribution in [0.4, 0.5) is 14.9 Å². The quantitative estimate of drug-likeness (QED) is 0.481. The van der Waals surface area contributed by atoms with Gasteiger partial charge in [-0.05, 0) is 29.7 Å². The molecule has 2 aromatic carbocycles. The van der Waals surface area contributed by atoms with Crippen LogP contribution in [0.25, 0.3) is 0 Å². The average molecular weight is 361 g/mol. The minimum atomic E-state index is -0.936. The number of ether oxygens (including phenoxy) is 2. The number of anilines is 1. The van der Waals surface area contributed by atoms with Gasteiger partial charge in [-0.2, -0.15) is 0 Å². The molecule has 0 aliphatic heterocycles. The number of halogens is 1. The Bertz CT molecular complexity index is 814. The Labute approximate surface area is 150 Å². The van der Waals surface area contributed by atoms with E-state index >= 15 is 0 Å². The lowest BCUT2D eigenvalue weighted by Crippen LogP contribution is -2.21. The summed E-state index contributed by atoms with van der Waals surface area (Å²) in [5.41, 5.74) is -0.297. The van der Waals surface area contributed by atoms with E-state index in [1.807, 2.05) is 20.8 Å². The number of hydrogen-bond donors (Lipinski definition) is 2. The molecular formula is C19H20FNO5. The predicted octanol–water partition coefficient (Wildman–Crippen LogP) is 4.35. The Morgan fingerprint density at radius 1 is 1.15 bits per heavy atom. The van der Waals surface area contributed by atoms with Crippen LogP contribution >= 0.6 is 0 Å². The van der Waals surface area contributed by atoms with E-state index in [2.05, 4.69) is 5.32 Å². The third kappa shape index (κ3) is 5.47. The van der Waals surface area contributed by atoms with Crippen molar-refractivity contribution in [2.75, 3.05) is 11.9 Å². The van der Waals surface area contributed by atoms with Gasteiger partial charge < -0.3 is 19.9 Å². The molecule has 1 amide bonds. The molecule has 0 aromatic heterocycles. The summed E-state index contributed by atoms with van der Waals surface area (Å²) in [5.74, 6) is -1.60. The summed E-state index contributed by atoms with van der Waals surface area (Å²) in [4.78, 5) is 24.2. The molecule has 0 atom stereocenters. The number of nitrogens with one attached hydrogen (secondary N) is 1. The molecule has 138 valence electrons. The molecule has 0 saturated carbocycles. The van der Waals surface area contributed by atoms with Gasteiger partial charge in [0, 0.05) is 6.07 Å². The fourth-order valence-corrected chi connectivity index (χ4v) is 1.94. The summed E-state index contributed by atoms with van der Waals surface area (Å²) in [6.07, 6.45) is -0.936. The van der Waals surface area contributed by atoms with Crippen LogP contribution in [0.1, 0.15) is 31.1 Å². The average Bonchev–Trinajstić information content (AvgIpc) is 2.56. The third-order valence-corrected chi connectivity index (χ3v) is 3.15. The molecule has 0 bridgehead atoms. The SMILES string of the molecule is CC(C)(C)COC(=O)Oc1ccccc1C(=O)Nc1cc(F)ccc1O. The Morgan fingerprint density at radius 3 is 2.54 bits per heavy atom. The monoisotopic (exact) mass is 361 g/mol. The number of phenolic OH excluding ortho intramolecular Hbond substituents is 1. The van der Waals surface area contributed by atoms with Gasteiger partial charge >= 0.3 is 6.16 Å². The first kappa shape index (κ1) is 19.2. The fourth-order valence-electron chi connectivity index (χ4n) is 1.94. The number of amides is 1. The second-order valence-electron chi connectivity index (χ2n) is 6.81. The highest BCUT2D eigenvalue weighted by Crippen LogP contribution is 2.26. The molecule has 0 aliphatic carbocycles. The number of carbonyl (C=O) groups is 2. The first-order valence-corrected chi connectivity index (χ1v) is 7.89. The van der Waals surface area contributed by atoms with E-state index in [-0.39, 0.29) is 34.8 Å². The van der Waals surface area contributed by atoms with E-state index in [0.717, 1.165) is 18.2 Å². The number of rotatable bonds is 4. The van der Waals surface area contributed by atoms with E-state index in [9.17, 15) is 19.1 Å². The first-order valence-electron chi connectivity index (χ1n) is 7.89. The number of phenols is 1. The van der Waals surface area contributed by atoms with Gasteiger partial charge in [0.1, 0.15) is 17.3 Å². The number of aromatic hydroxyl groups is 1. The van der Waals surface area contributed by atoms with Crippen molar-refractivity contribution >= 4 is 17.7 Å². The number of benzene rings is 2. The van der Waals surface area contributed by atoms with E-state index in [0.29, 0.717) is 0 Å². The Balaban J connectivity index is 2.13. The predicted molar refractivity (Wildman–Crippen MR) is 93.9 cm³/mol. The molecular weight excluding hydrogens is 341 g/mol. The molecule has 0 aliphatic rings. The maximum atomic E-state index is 13.3. The van der Waals surface area contributed by atoms with Crippen LogP contribution in [-0.4, -0.2) is 23.8 Å². The molecule has 2 rings (SSSR count). The van der Waals surface area contributed by atoms with Crippen molar-refractivity contribution in [1.29, 1.82) is 0 Å². The standard InChI is InChI=1S/C19H20FNO5/c1-19(2,3)11-25-18(24)26-16-7-5-4-6-13(16)17(23)21-14-10-12(20)8-9-15(14)22/h4-10,22H,11H2,1-3H3,(H,21,23). The lowest BCUT2D eigenvalue weighted by atomic mass is 9.99. The van der Waals surface area contributed by atoms with E-state index in [1.54, 1.807) is 12.1 Å². The Hall–Kier alpha value is -3.09. The van der Waals surface area contributed by atoms with Crippen molar-refractivity contribution in [3.05, 3.63) is 53.8 Å². The van der Waals surface area contributed by atoms with Crippen LogP contribution in [0.5, 0.6) is 11.5 Å². The minimum Gasteiger partial charge on any atom is -0.506 e. The topological polar surface area (TPSA) is 84.9 Å². The summed E-state index contributed by atoms with van der Waals surface area (Å²) in [6, 6.07) is 9.19. The van der Waals surface area contributed by atoms with Crippen molar-refractivity contribution in [2.24, 2.45) is 5.41 Å². The van der Waals surface area contributed by atoms with Crippen molar-refractivity contribution in [1.82, 2.24) is 0 Å².